The summed E-state index contributed by atoms with van der Waals surface area (Å²) in [7, 11) is -2.34. The van der Waals surface area contributed by atoms with E-state index < -0.39 is 10.1 Å². The number of likely N-dealkylation sites (tertiary alicyclic amines) is 1. The van der Waals surface area contributed by atoms with Gasteiger partial charge < -0.3 is 9.64 Å². The van der Waals surface area contributed by atoms with Gasteiger partial charge in [0, 0.05) is 18.5 Å². The van der Waals surface area contributed by atoms with Gasteiger partial charge in [0.05, 0.1) is 30.3 Å². The molecule has 2 N–H and O–H groups in total. The maximum atomic E-state index is 12.6. The first-order valence-corrected chi connectivity index (χ1v) is 12.6. The fourth-order valence-corrected chi connectivity index (χ4v) is 5.10. The van der Waals surface area contributed by atoms with Crippen LogP contribution in [0.1, 0.15) is 24.0 Å². The molecule has 0 bridgehead atoms. The predicted octanol–water partition coefficient (Wildman–Crippen LogP) is 4.37. The molecule has 35 heavy (non-hydrogen) atoms. The van der Waals surface area contributed by atoms with E-state index in [1.807, 2.05) is 37.3 Å². The fraction of sp³-hybridized carbons (Fsp3) is 0.269. The maximum Gasteiger partial charge on any atom is 0.297 e. The molecule has 3 aromatic rings. The van der Waals surface area contributed by atoms with E-state index in [9.17, 15) is 18.4 Å². The molecule has 1 amide bonds. The molecule has 0 spiro atoms. The molecule has 1 fully saturated rings. The first kappa shape index (κ1) is 24.7. The van der Waals surface area contributed by atoms with Crippen molar-refractivity contribution in [2.24, 2.45) is 0 Å². The molecule has 0 aromatic heterocycles. The highest BCUT2D eigenvalue weighted by Crippen LogP contribution is 2.33. The van der Waals surface area contributed by atoms with Gasteiger partial charge in [0.15, 0.2) is 0 Å². The molecule has 0 saturated carbocycles. The number of hydrogen-bond acceptors (Lipinski definition) is 7. The van der Waals surface area contributed by atoms with Crippen LogP contribution in [0.3, 0.4) is 0 Å². The zero-order chi connectivity index (χ0) is 25.0. The van der Waals surface area contributed by atoms with Gasteiger partial charge in [-0.1, -0.05) is 35.9 Å². The number of carbonyl (C=O) groups excluding carboxylic acids is 1. The summed E-state index contributed by atoms with van der Waals surface area (Å²) in [6.07, 6.45) is 0.862. The van der Waals surface area contributed by atoms with Gasteiger partial charge in [-0.3, -0.25) is 19.7 Å². The molecular weight excluding hydrogens is 468 g/mol. The Bertz CT molecular complexity index is 1310. The van der Waals surface area contributed by atoms with E-state index in [0.717, 1.165) is 22.3 Å². The number of benzene rings is 3. The molecule has 1 saturated heterocycles. The van der Waals surface area contributed by atoms with E-state index in [2.05, 4.69) is 5.48 Å². The van der Waals surface area contributed by atoms with Gasteiger partial charge in [-0.15, -0.1) is 0 Å². The van der Waals surface area contributed by atoms with E-state index in [1.54, 1.807) is 36.3 Å². The van der Waals surface area contributed by atoms with Crippen molar-refractivity contribution in [3.63, 3.8) is 0 Å². The van der Waals surface area contributed by atoms with E-state index in [4.69, 9.17) is 8.92 Å². The van der Waals surface area contributed by atoms with Crippen molar-refractivity contribution in [1.82, 2.24) is 4.90 Å². The number of anilines is 1. The van der Waals surface area contributed by atoms with Crippen LogP contribution in [0, 0.1) is 6.92 Å². The second-order valence-corrected chi connectivity index (χ2v) is 10.1. The number of ether oxygens (including phenoxy) is 1. The molecule has 1 aliphatic heterocycles. The number of hydrogen-bond donors (Lipinski definition) is 2. The summed E-state index contributed by atoms with van der Waals surface area (Å²) in [5.74, 6) is 0.607. The first-order chi connectivity index (χ1) is 16.8. The number of nitrogens with one attached hydrogen (secondary N) is 1. The van der Waals surface area contributed by atoms with Gasteiger partial charge >= 0.3 is 0 Å². The Morgan fingerprint density at radius 1 is 1.09 bits per heavy atom. The number of rotatable bonds is 9. The quantitative estimate of drug-likeness (QED) is 0.335. The second-order valence-electron chi connectivity index (χ2n) is 8.49. The number of amides is 1. The lowest BCUT2D eigenvalue weighted by Gasteiger charge is -2.25. The third kappa shape index (κ3) is 5.64. The molecule has 1 heterocycles. The number of nitrogens with zero attached hydrogens (tertiary/aromatic N) is 1. The normalized spacial score (nSPS) is 15.9. The SMILES string of the molecule is COc1ccc(CN2C(=O)CC[C@H]2COS(=O)(=O)c2ccc(C)cc2)cc1-c1cccc(NO)c1. The smallest absolute Gasteiger partial charge is 0.297 e. The molecular formula is C26H28N2O6S. The Balaban J connectivity index is 1.52. The van der Waals surface area contributed by atoms with Gasteiger partial charge in [0.25, 0.3) is 10.1 Å². The molecule has 0 unspecified atom stereocenters. The van der Waals surface area contributed by atoms with Crippen LogP contribution in [-0.2, 0) is 25.6 Å². The van der Waals surface area contributed by atoms with Crippen LogP contribution in [0.25, 0.3) is 11.1 Å². The number of aryl methyl sites for hydroxylation is 1. The predicted molar refractivity (Wildman–Crippen MR) is 132 cm³/mol. The highest BCUT2D eigenvalue weighted by Gasteiger charge is 2.32. The summed E-state index contributed by atoms with van der Waals surface area (Å²) in [4.78, 5) is 14.4. The average molecular weight is 497 g/mol. The third-order valence-electron chi connectivity index (χ3n) is 6.10. The van der Waals surface area contributed by atoms with Crippen molar-refractivity contribution in [2.45, 2.75) is 37.2 Å². The number of methoxy groups -OCH3 is 1. The summed E-state index contributed by atoms with van der Waals surface area (Å²) < 4.78 is 36.1. The summed E-state index contributed by atoms with van der Waals surface area (Å²) in [5, 5.41) is 9.25. The van der Waals surface area contributed by atoms with Crippen molar-refractivity contribution in [1.29, 1.82) is 0 Å². The van der Waals surface area contributed by atoms with Crippen molar-refractivity contribution in [3.05, 3.63) is 77.9 Å². The van der Waals surface area contributed by atoms with Gasteiger partial charge in [0.1, 0.15) is 5.75 Å². The standard InChI is InChI=1S/C26H28N2O6S/c1-18-6-10-23(11-7-18)35(31,32)34-17-22-9-13-26(29)28(22)16-19-8-12-25(33-2)24(14-19)20-4-3-5-21(15-20)27-30/h3-8,10-12,14-15,22,27,30H,9,13,16-17H2,1-2H3/t22-/m0/s1. The van der Waals surface area contributed by atoms with Crippen LogP contribution < -0.4 is 10.2 Å². The summed E-state index contributed by atoms with van der Waals surface area (Å²) in [6.45, 7) is 2.09. The van der Waals surface area contributed by atoms with Crippen LogP contribution in [0.4, 0.5) is 5.69 Å². The highest BCUT2D eigenvalue weighted by molar-refractivity contribution is 7.86. The van der Waals surface area contributed by atoms with Crippen molar-refractivity contribution >= 4 is 21.7 Å². The van der Waals surface area contributed by atoms with E-state index in [-0.39, 0.29) is 23.5 Å². The van der Waals surface area contributed by atoms with Crippen LogP contribution in [-0.4, -0.2) is 44.2 Å². The van der Waals surface area contributed by atoms with Gasteiger partial charge in [-0.05, 0) is 60.9 Å². The molecule has 4 rings (SSSR count). The monoisotopic (exact) mass is 496 g/mol. The van der Waals surface area contributed by atoms with Crippen LogP contribution >= 0.6 is 0 Å². The Morgan fingerprint density at radius 2 is 1.86 bits per heavy atom. The van der Waals surface area contributed by atoms with Crippen molar-refractivity contribution in [3.8, 4) is 16.9 Å². The zero-order valence-electron chi connectivity index (χ0n) is 19.6. The fourth-order valence-electron chi connectivity index (χ4n) is 4.16. The van der Waals surface area contributed by atoms with E-state index >= 15 is 0 Å². The Morgan fingerprint density at radius 3 is 2.57 bits per heavy atom. The molecule has 8 nitrogen and oxygen atoms in total. The van der Waals surface area contributed by atoms with Crippen molar-refractivity contribution < 1.29 is 27.3 Å². The third-order valence-corrected chi connectivity index (χ3v) is 7.39. The summed E-state index contributed by atoms with van der Waals surface area (Å²) >= 11 is 0. The van der Waals surface area contributed by atoms with E-state index in [0.29, 0.717) is 30.8 Å². The van der Waals surface area contributed by atoms with Crippen LogP contribution in [0.2, 0.25) is 0 Å². The Labute approximate surface area is 205 Å². The molecule has 1 aliphatic rings. The average Bonchev–Trinajstić information content (AvgIpc) is 3.22. The molecule has 9 heteroatoms. The summed E-state index contributed by atoms with van der Waals surface area (Å²) in [5.41, 5.74) is 6.14. The molecule has 184 valence electrons. The topological polar surface area (TPSA) is 105 Å². The minimum atomic E-state index is -3.92. The van der Waals surface area contributed by atoms with Crippen LogP contribution in [0.5, 0.6) is 5.75 Å². The van der Waals surface area contributed by atoms with Gasteiger partial charge in [0.2, 0.25) is 5.91 Å². The van der Waals surface area contributed by atoms with Gasteiger partial charge in [-0.25, -0.2) is 0 Å². The van der Waals surface area contributed by atoms with Crippen LogP contribution in [0.15, 0.2) is 71.6 Å². The minimum absolute atomic E-state index is 0.0461. The van der Waals surface area contributed by atoms with Gasteiger partial charge in [-0.2, -0.15) is 8.42 Å². The van der Waals surface area contributed by atoms with Crippen molar-refractivity contribution in [2.75, 3.05) is 19.2 Å². The Hall–Kier alpha value is -3.40. The summed E-state index contributed by atoms with van der Waals surface area (Å²) in [6, 6.07) is 19.0. The minimum Gasteiger partial charge on any atom is -0.496 e. The highest BCUT2D eigenvalue weighted by atomic mass is 32.2. The first-order valence-electron chi connectivity index (χ1n) is 11.2. The zero-order valence-corrected chi connectivity index (χ0v) is 20.4. The van der Waals surface area contributed by atoms with E-state index in [1.165, 1.54) is 12.1 Å². The molecule has 1 atom stereocenters. The molecule has 3 aromatic carbocycles. The lowest BCUT2D eigenvalue weighted by atomic mass is 10.0. The maximum absolute atomic E-state index is 12.6. The lowest BCUT2D eigenvalue weighted by Crippen LogP contribution is -2.36. The Kier molecular flexibility index (Phi) is 7.39. The lowest BCUT2D eigenvalue weighted by molar-refractivity contribution is -0.129. The molecule has 0 aliphatic carbocycles. The second kappa shape index (κ2) is 10.5. The number of carbonyl (C=O) groups is 1. The molecule has 0 radical (unpaired) electrons. The largest absolute Gasteiger partial charge is 0.496 e.